The molecule has 1 saturated heterocycles. The van der Waals surface area contributed by atoms with Crippen molar-refractivity contribution >= 4 is 6.09 Å². The van der Waals surface area contributed by atoms with Gasteiger partial charge in [0, 0.05) is 37.6 Å². The third-order valence-corrected chi connectivity index (χ3v) is 6.55. The number of carbonyl (C=O) groups is 1. The fourth-order valence-electron chi connectivity index (χ4n) is 4.86. The Bertz CT molecular complexity index is 907. The minimum absolute atomic E-state index is 0.155. The van der Waals surface area contributed by atoms with Gasteiger partial charge in [0.1, 0.15) is 24.1 Å². The number of benzene rings is 2. The van der Waals surface area contributed by atoms with Crippen LogP contribution < -0.4 is 4.74 Å². The highest BCUT2D eigenvalue weighted by Gasteiger charge is 2.48. The van der Waals surface area contributed by atoms with Crippen molar-refractivity contribution in [1.29, 1.82) is 0 Å². The number of likely N-dealkylation sites (tertiary alicyclic amines) is 1. The van der Waals surface area contributed by atoms with Gasteiger partial charge in [-0.2, -0.15) is 0 Å². The summed E-state index contributed by atoms with van der Waals surface area (Å²) in [4.78, 5) is 17.5. The number of aliphatic hydroxyl groups is 1. The molecule has 1 saturated carbocycles. The predicted molar refractivity (Wildman–Crippen MR) is 133 cm³/mol. The first-order valence-electron chi connectivity index (χ1n) is 12.4. The van der Waals surface area contributed by atoms with E-state index in [1.807, 2.05) is 62.1 Å². The lowest BCUT2D eigenvalue weighted by molar-refractivity contribution is 0.000850. The van der Waals surface area contributed by atoms with Crippen LogP contribution in [0.2, 0.25) is 0 Å². The molecule has 2 fully saturated rings. The van der Waals surface area contributed by atoms with Crippen LogP contribution in [0.4, 0.5) is 4.79 Å². The van der Waals surface area contributed by atoms with Crippen LogP contribution in [0.3, 0.4) is 0 Å². The van der Waals surface area contributed by atoms with Gasteiger partial charge < -0.3 is 24.4 Å². The Balaban J connectivity index is 1.32. The summed E-state index contributed by atoms with van der Waals surface area (Å²) in [7, 11) is 0. The van der Waals surface area contributed by atoms with E-state index < -0.39 is 11.7 Å². The largest absolute Gasteiger partial charge is 0.491 e. The van der Waals surface area contributed by atoms with Gasteiger partial charge in [0.15, 0.2) is 0 Å². The molecule has 1 unspecified atom stereocenters. The van der Waals surface area contributed by atoms with E-state index in [9.17, 15) is 9.90 Å². The summed E-state index contributed by atoms with van der Waals surface area (Å²) >= 11 is 0. The summed E-state index contributed by atoms with van der Waals surface area (Å²) in [6, 6.07) is 20.4. The molecule has 1 aliphatic carbocycles. The molecule has 2 aromatic carbocycles. The number of hydrogen-bond acceptors (Lipinski definition) is 5. The lowest BCUT2D eigenvalue weighted by atomic mass is 10.0. The Morgan fingerprint density at radius 3 is 2.29 bits per heavy atom. The number of ether oxygens (including phenoxy) is 2. The molecule has 184 valence electrons. The van der Waals surface area contributed by atoms with Crippen LogP contribution in [0.5, 0.6) is 5.75 Å². The Hall–Kier alpha value is -2.57. The minimum atomic E-state index is -0.551. The van der Waals surface area contributed by atoms with E-state index in [1.54, 1.807) is 0 Å². The van der Waals surface area contributed by atoms with Crippen LogP contribution in [0, 0.1) is 0 Å². The molecule has 6 nitrogen and oxygen atoms in total. The summed E-state index contributed by atoms with van der Waals surface area (Å²) in [5.41, 5.74) is 0.774. The number of para-hydroxylation sites is 1. The van der Waals surface area contributed by atoms with Gasteiger partial charge in [-0.1, -0.05) is 48.5 Å². The van der Waals surface area contributed by atoms with E-state index in [-0.39, 0.29) is 24.8 Å². The quantitative estimate of drug-likeness (QED) is 0.612. The molecule has 1 N–H and O–H groups in total. The first-order valence-corrected chi connectivity index (χ1v) is 12.4. The summed E-state index contributed by atoms with van der Waals surface area (Å²) in [6.07, 6.45) is 1.99. The summed E-state index contributed by atoms with van der Waals surface area (Å²) < 4.78 is 11.5. The van der Waals surface area contributed by atoms with Crippen molar-refractivity contribution in [3.05, 3.63) is 66.2 Å². The number of nitrogens with zero attached hydrogens (tertiary/aromatic N) is 2. The second-order valence-corrected chi connectivity index (χ2v) is 10.5. The van der Waals surface area contributed by atoms with Gasteiger partial charge in [0.05, 0.1) is 0 Å². The van der Waals surface area contributed by atoms with Gasteiger partial charge in [0.2, 0.25) is 0 Å². The molecule has 3 atom stereocenters. The van der Waals surface area contributed by atoms with Crippen molar-refractivity contribution in [2.45, 2.75) is 69.7 Å². The standard InChI is InChI=1S/C28H38N2O4/c1-28(2,3)34-27(32)30(26-18-25(26)21-10-6-4-7-11-21)22-14-16-29(17-15-22)19-23(31)20-33-24-12-8-5-9-13-24/h4-13,22-23,25-26,31H,14-20H2,1-3H3/t23?,25-,26+/m1/s1. The summed E-state index contributed by atoms with van der Waals surface area (Å²) in [5, 5.41) is 10.5. The average molecular weight is 467 g/mol. The molecule has 2 aliphatic rings. The third-order valence-electron chi connectivity index (χ3n) is 6.55. The maximum Gasteiger partial charge on any atom is 0.410 e. The topological polar surface area (TPSA) is 62.2 Å². The molecule has 0 radical (unpaired) electrons. The second kappa shape index (κ2) is 10.8. The fourth-order valence-corrected chi connectivity index (χ4v) is 4.86. The Morgan fingerprint density at radius 1 is 1.06 bits per heavy atom. The van der Waals surface area contributed by atoms with Gasteiger partial charge >= 0.3 is 6.09 Å². The van der Waals surface area contributed by atoms with Gasteiger partial charge in [-0.05, 0) is 57.7 Å². The van der Waals surface area contributed by atoms with Gasteiger partial charge in [-0.15, -0.1) is 0 Å². The number of β-amino-alcohol motifs (C(OH)–C–C–N with tert-alkyl or cyclic N) is 1. The molecule has 0 aromatic heterocycles. The van der Waals surface area contributed by atoms with E-state index >= 15 is 0 Å². The predicted octanol–water partition coefficient (Wildman–Crippen LogP) is 4.68. The number of piperidine rings is 1. The summed E-state index contributed by atoms with van der Waals surface area (Å²) in [6.45, 7) is 8.30. The van der Waals surface area contributed by atoms with Gasteiger partial charge in [-0.25, -0.2) is 4.79 Å². The van der Waals surface area contributed by atoms with Crippen LogP contribution in [-0.4, -0.2) is 71.0 Å². The van der Waals surface area contributed by atoms with E-state index in [4.69, 9.17) is 9.47 Å². The highest BCUT2D eigenvalue weighted by Crippen LogP contribution is 2.46. The molecular formula is C28H38N2O4. The molecule has 6 heteroatoms. The Morgan fingerprint density at radius 2 is 1.68 bits per heavy atom. The highest BCUT2D eigenvalue weighted by molar-refractivity contribution is 5.70. The van der Waals surface area contributed by atoms with Crippen molar-refractivity contribution in [2.24, 2.45) is 0 Å². The molecule has 4 rings (SSSR count). The monoisotopic (exact) mass is 466 g/mol. The average Bonchev–Trinajstić information content (AvgIpc) is 3.59. The van der Waals surface area contributed by atoms with Crippen LogP contribution >= 0.6 is 0 Å². The zero-order valence-electron chi connectivity index (χ0n) is 20.6. The highest BCUT2D eigenvalue weighted by atomic mass is 16.6. The van der Waals surface area contributed by atoms with E-state index in [2.05, 4.69) is 29.2 Å². The first kappa shape index (κ1) is 24.6. The lowest BCUT2D eigenvalue weighted by Gasteiger charge is -2.40. The van der Waals surface area contributed by atoms with Crippen molar-refractivity contribution in [2.75, 3.05) is 26.2 Å². The number of aliphatic hydroxyl groups excluding tert-OH is 1. The van der Waals surface area contributed by atoms with Crippen LogP contribution in [0.1, 0.15) is 51.5 Å². The number of hydrogen-bond donors (Lipinski definition) is 1. The maximum atomic E-state index is 13.2. The third kappa shape index (κ3) is 6.73. The molecule has 0 spiro atoms. The van der Waals surface area contributed by atoms with Crippen molar-refractivity contribution in [3.63, 3.8) is 0 Å². The van der Waals surface area contributed by atoms with E-state index in [1.165, 1.54) is 5.56 Å². The molecule has 0 bridgehead atoms. The molecular weight excluding hydrogens is 428 g/mol. The van der Waals surface area contributed by atoms with Crippen molar-refractivity contribution in [1.82, 2.24) is 9.80 Å². The molecule has 1 amide bonds. The smallest absolute Gasteiger partial charge is 0.410 e. The Kier molecular flexibility index (Phi) is 7.79. The molecule has 1 aliphatic heterocycles. The van der Waals surface area contributed by atoms with Crippen LogP contribution in [0.25, 0.3) is 0 Å². The zero-order valence-corrected chi connectivity index (χ0v) is 20.6. The second-order valence-electron chi connectivity index (χ2n) is 10.5. The summed E-state index contributed by atoms with van der Waals surface area (Å²) in [5.74, 6) is 1.15. The van der Waals surface area contributed by atoms with E-state index in [0.29, 0.717) is 12.5 Å². The number of rotatable bonds is 8. The van der Waals surface area contributed by atoms with Crippen molar-refractivity contribution in [3.8, 4) is 5.75 Å². The van der Waals surface area contributed by atoms with E-state index in [0.717, 1.165) is 38.1 Å². The van der Waals surface area contributed by atoms with Crippen molar-refractivity contribution < 1.29 is 19.4 Å². The van der Waals surface area contributed by atoms with Crippen LogP contribution in [-0.2, 0) is 4.74 Å². The van der Waals surface area contributed by atoms with Crippen LogP contribution in [0.15, 0.2) is 60.7 Å². The normalized spacial score (nSPS) is 22.1. The number of amides is 1. The molecule has 1 heterocycles. The SMILES string of the molecule is CC(C)(C)OC(=O)N(C1CCN(CC(O)COc2ccccc2)CC1)[C@H]1C[C@@H]1c1ccccc1. The fraction of sp³-hybridized carbons (Fsp3) is 0.536. The lowest BCUT2D eigenvalue weighted by Crippen LogP contribution is -2.51. The maximum absolute atomic E-state index is 13.2. The molecule has 2 aromatic rings. The van der Waals surface area contributed by atoms with Gasteiger partial charge in [-0.3, -0.25) is 0 Å². The zero-order chi connectivity index (χ0) is 24.1. The Labute approximate surface area is 203 Å². The number of carbonyl (C=O) groups excluding carboxylic acids is 1. The first-order chi connectivity index (χ1) is 16.3. The van der Waals surface area contributed by atoms with Gasteiger partial charge in [0.25, 0.3) is 0 Å². The molecule has 34 heavy (non-hydrogen) atoms. The minimum Gasteiger partial charge on any atom is -0.491 e.